The minimum Gasteiger partial charge on any atom is -0.0843 e. The summed E-state index contributed by atoms with van der Waals surface area (Å²) >= 11 is 9.44. The summed E-state index contributed by atoms with van der Waals surface area (Å²) in [5.41, 5.74) is 1.22. The Labute approximate surface area is 91.0 Å². The van der Waals surface area contributed by atoms with Gasteiger partial charge < -0.3 is 0 Å². The second-order valence-corrected chi connectivity index (χ2v) is 4.25. The topological polar surface area (TPSA) is 0 Å². The number of hydrogen-bond donors (Lipinski definition) is 0. The van der Waals surface area contributed by atoms with Gasteiger partial charge in [-0.3, -0.25) is 0 Å². The first-order valence-corrected chi connectivity index (χ1v) is 5.24. The molecule has 0 fully saturated rings. The van der Waals surface area contributed by atoms with Crippen molar-refractivity contribution in [2.45, 2.75) is 5.92 Å². The number of hydrogen-bond acceptors (Lipinski definition) is 0. The van der Waals surface area contributed by atoms with Gasteiger partial charge in [0.25, 0.3) is 0 Å². The molecule has 0 atom stereocenters. The van der Waals surface area contributed by atoms with Crippen LogP contribution < -0.4 is 0 Å². The van der Waals surface area contributed by atoms with Crippen molar-refractivity contribution in [3.8, 4) is 0 Å². The van der Waals surface area contributed by atoms with Gasteiger partial charge in [0.2, 0.25) is 0 Å². The maximum atomic E-state index is 5.93. The van der Waals surface area contributed by atoms with Crippen LogP contribution in [0.3, 0.4) is 0 Å². The van der Waals surface area contributed by atoms with E-state index in [0.29, 0.717) is 5.92 Å². The Hall–Kier alpha value is -0.530. The molecule has 2 rings (SSSR count). The molecule has 1 aromatic rings. The van der Waals surface area contributed by atoms with Crippen molar-refractivity contribution in [2.75, 3.05) is 0 Å². The molecule has 1 aromatic carbocycles. The van der Waals surface area contributed by atoms with Gasteiger partial charge in [0.1, 0.15) is 0 Å². The maximum Gasteiger partial charge on any atom is 0.0409 e. The Morgan fingerprint density at radius 2 is 1.85 bits per heavy atom. The zero-order chi connectivity index (χ0) is 9.26. The van der Waals surface area contributed by atoms with Crippen LogP contribution in [0.25, 0.3) is 0 Å². The molecule has 0 saturated heterocycles. The van der Waals surface area contributed by atoms with Gasteiger partial charge in [0, 0.05) is 15.4 Å². The molecule has 2 heteroatoms. The molecule has 0 aliphatic heterocycles. The van der Waals surface area contributed by atoms with Gasteiger partial charge in [0.05, 0.1) is 0 Å². The molecule has 0 bridgehead atoms. The largest absolute Gasteiger partial charge is 0.0843 e. The molecule has 1 aliphatic rings. The molecule has 66 valence electrons. The molecule has 0 spiro atoms. The highest BCUT2D eigenvalue weighted by Gasteiger charge is 2.10. The average Bonchev–Trinajstić information content (AvgIpc) is 2.61. The number of benzene rings is 1. The number of halogens is 2. The van der Waals surface area contributed by atoms with Gasteiger partial charge >= 0.3 is 0 Å². The van der Waals surface area contributed by atoms with E-state index in [9.17, 15) is 0 Å². The van der Waals surface area contributed by atoms with Gasteiger partial charge in [0.15, 0.2) is 0 Å². The zero-order valence-corrected chi connectivity index (χ0v) is 9.22. The lowest BCUT2D eigenvalue weighted by molar-refractivity contribution is 1.09. The molecule has 13 heavy (non-hydrogen) atoms. The van der Waals surface area contributed by atoms with E-state index < -0.39 is 0 Å². The van der Waals surface area contributed by atoms with Crippen LogP contribution in [-0.2, 0) is 0 Å². The molecular weight excluding hydrogens is 247 g/mol. The lowest BCUT2D eigenvalue weighted by Crippen LogP contribution is -1.90. The first-order chi connectivity index (χ1) is 6.27. The fraction of sp³-hybridized carbons (Fsp3) is 0.0909. The summed E-state index contributed by atoms with van der Waals surface area (Å²) in [5.74, 6) is 0.369. The van der Waals surface area contributed by atoms with Crippen molar-refractivity contribution >= 4 is 27.5 Å². The monoisotopic (exact) mass is 254 g/mol. The minimum absolute atomic E-state index is 0.369. The van der Waals surface area contributed by atoms with Crippen LogP contribution in [0.5, 0.6) is 0 Å². The lowest BCUT2D eigenvalue weighted by Gasteiger charge is -2.08. The standard InChI is InChI=1S/C11H8BrCl/c12-11-6-5-9(13)7-10(11)8-3-1-2-4-8/h1-8H. The summed E-state index contributed by atoms with van der Waals surface area (Å²) in [6, 6.07) is 5.87. The van der Waals surface area contributed by atoms with Crippen LogP contribution in [0, 0.1) is 0 Å². The highest BCUT2D eigenvalue weighted by atomic mass is 79.9. The van der Waals surface area contributed by atoms with Crippen LogP contribution in [0.15, 0.2) is 47.0 Å². The van der Waals surface area contributed by atoms with E-state index in [1.54, 1.807) is 0 Å². The predicted octanol–water partition coefficient (Wildman–Crippen LogP) is 4.31. The molecule has 0 nitrogen and oxygen atoms in total. The quantitative estimate of drug-likeness (QED) is 0.701. The lowest BCUT2D eigenvalue weighted by atomic mass is 10.0. The van der Waals surface area contributed by atoms with Gasteiger partial charge in [-0.15, -0.1) is 0 Å². The molecular formula is C11H8BrCl. The second kappa shape index (κ2) is 3.69. The normalized spacial score (nSPS) is 15.5. The minimum atomic E-state index is 0.369. The van der Waals surface area contributed by atoms with Crippen molar-refractivity contribution in [1.82, 2.24) is 0 Å². The fourth-order valence-electron chi connectivity index (χ4n) is 1.41. The van der Waals surface area contributed by atoms with E-state index in [1.807, 2.05) is 18.2 Å². The first-order valence-electron chi connectivity index (χ1n) is 4.07. The smallest absolute Gasteiger partial charge is 0.0409 e. The fourth-order valence-corrected chi connectivity index (χ4v) is 2.10. The van der Waals surface area contributed by atoms with Crippen molar-refractivity contribution in [3.05, 3.63) is 57.6 Å². The van der Waals surface area contributed by atoms with E-state index in [1.165, 1.54) is 5.56 Å². The summed E-state index contributed by atoms with van der Waals surface area (Å²) in [6.45, 7) is 0. The summed E-state index contributed by atoms with van der Waals surface area (Å²) in [5, 5.41) is 0.784. The Morgan fingerprint density at radius 1 is 1.15 bits per heavy atom. The average molecular weight is 256 g/mol. The zero-order valence-electron chi connectivity index (χ0n) is 6.87. The van der Waals surface area contributed by atoms with Crippen LogP contribution in [-0.4, -0.2) is 0 Å². The van der Waals surface area contributed by atoms with Gasteiger partial charge in [-0.2, -0.15) is 0 Å². The molecule has 0 N–H and O–H groups in total. The molecule has 0 heterocycles. The maximum absolute atomic E-state index is 5.93. The third kappa shape index (κ3) is 1.87. The van der Waals surface area contributed by atoms with Crippen molar-refractivity contribution in [1.29, 1.82) is 0 Å². The van der Waals surface area contributed by atoms with Gasteiger partial charge in [-0.05, 0) is 23.8 Å². The third-order valence-corrected chi connectivity index (χ3v) is 3.02. The van der Waals surface area contributed by atoms with E-state index in [4.69, 9.17) is 11.6 Å². The second-order valence-electron chi connectivity index (χ2n) is 2.96. The highest BCUT2D eigenvalue weighted by Crippen LogP contribution is 2.31. The van der Waals surface area contributed by atoms with Gasteiger partial charge in [-0.1, -0.05) is 51.8 Å². The third-order valence-electron chi connectivity index (χ3n) is 2.07. The Balaban J connectivity index is 2.44. The molecule has 0 amide bonds. The van der Waals surface area contributed by atoms with Crippen LogP contribution in [0.4, 0.5) is 0 Å². The first kappa shape index (κ1) is 9.04. The summed E-state index contributed by atoms with van der Waals surface area (Å²) in [6.07, 6.45) is 8.41. The number of rotatable bonds is 1. The summed E-state index contributed by atoms with van der Waals surface area (Å²) in [7, 11) is 0. The SMILES string of the molecule is Clc1ccc(Br)c(C2C=CC=C2)c1. The molecule has 0 radical (unpaired) electrons. The van der Waals surface area contributed by atoms with E-state index >= 15 is 0 Å². The summed E-state index contributed by atoms with van der Waals surface area (Å²) < 4.78 is 1.11. The molecule has 1 aliphatic carbocycles. The van der Waals surface area contributed by atoms with Crippen molar-refractivity contribution < 1.29 is 0 Å². The molecule has 0 saturated carbocycles. The van der Waals surface area contributed by atoms with Crippen LogP contribution in [0.2, 0.25) is 5.02 Å². The van der Waals surface area contributed by atoms with E-state index in [-0.39, 0.29) is 0 Å². The van der Waals surface area contributed by atoms with E-state index in [0.717, 1.165) is 9.50 Å². The van der Waals surface area contributed by atoms with Crippen molar-refractivity contribution in [2.24, 2.45) is 0 Å². The molecule has 0 unspecified atom stereocenters. The van der Waals surface area contributed by atoms with E-state index in [2.05, 4.69) is 40.2 Å². The van der Waals surface area contributed by atoms with Crippen molar-refractivity contribution in [3.63, 3.8) is 0 Å². The predicted molar refractivity (Wildman–Crippen MR) is 60.2 cm³/mol. The highest BCUT2D eigenvalue weighted by molar-refractivity contribution is 9.10. The number of allylic oxidation sites excluding steroid dienone is 4. The Morgan fingerprint density at radius 3 is 2.54 bits per heavy atom. The van der Waals surface area contributed by atoms with Gasteiger partial charge in [-0.25, -0.2) is 0 Å². The Bertz CT molecular complexity index is 368. The summed E-state index contributed by atoms with van der Waals surface area (Å²) in [4.78, 5) is 0. The molecule has 0 aromatic heterocycles. The Kier molecular flexibility index (Phi) is 2.56. The van der Waals surface area contributed by atoms with Crippen LogP contribution in [0.1, 0.15) is 11.5 Å². The van der Waals surface area contributed by atoms with Crippen LogP contribution >= 0.6 is 27.5 Å².